The first-order valence-electron chi connectivity index (χ1n) is 7.78. The third kappa shape index (κ3) is 3.24. The summed E-state index contributed by atoms with van der Waals surface area (Å²) in [5.74, 6) is 1.01. The molecule has 114 valence electrons. The number of aromatic nitrogens is 2. The summed E-state index contributed by atoms with van der Waals surface area (Å²) in [6.45, 7) is 5.48. The van der Waals surface area contributed by atoms with E-state index in [1.54, 1.807) is 0 Å². The summed E-state index contributed by atoms with van der Waals surface area (Å²) in [5.41, 5.74) is 2.68. The van der Waals surface area contributed by atoms with Crippen LogP contribution in [0.3, 0.4) is 0 Å². The highest BCUT2D eigenvalue weighted by Crippen LogP contribution is 2.39. The highest BCUT2D eigenvalue weighted by Gasteiger charge is 2.29. The SMILES string of the molecule is CC(Cl)c1nc2cc(I)ccc2n1CC1(C)CCCCC1. The zero-order chi connectivity index (χ0) is 15.0. The number of alkyl halides is 1. The topological polar surface area (TPSA) is 17.8 Å². The fourth-order valence-corrected chi connectivity index (χ4v) is 4.18. The van der Waals surface area contributed by atoms with Crippen molar-refractivity contribution in [2.75, 3.05) is 0 Å². The summed E-state index contributed by atoms with van der Waals surface area (Å²) < 4.78 is 3.59. The molecule has 1 unspecified atom stereocenters. The Kier molecular flexibility index (Phi) is 4.51. The van der Waals surface area contributed by atoms with Crippen LogP contribution in [-0.2, 0) is 6.54 Å². The van der Waals surface area contributed by atoms with Crippen molar-refractivity contribution in [2.24, 2.45) is 5.41 Å². The number of fused-ring (bicyclic) bond motifs is 1. The lowest BCUT2D eigenvalue weighted by atomic mass is 9.75. The summed E-state index contributed by atoms with van der Waals surface area (Å²) in [6.07, 6.45) is 6.72. The minimum atomic E-state index is -0.0535. The highest BCUT2D eigenvalue weighted by atomic mass is 127. The van der Waals surface area contributed by atoms with Crippen LogP contribution in [0.15, 0.2) is 18.2 Å². The lowest BCUT2D eigenvalue weighted by Gasteiger charge is -2.34. The Bertz CT molecular complexity index is 642. The molecule has 0 bridgehead atoms. The van der Waals surface area contributed by atoms with E-state index in [-0.39, 0.29) is 5.38 Å². The van der Waals surface area contributed by atoms with Crippen LogP contribution < -0.4 is 0 Å². The predicted molar refractivity (Wildman–Crippen MR) is 97.9 cm³/mol. The lowest BCUT2D eigenvalue weighted by molar-refractivity contribution is 0.183. The molecule has 1 fully saturated rings. The standard InChI is InChI=1S/C17H22ClIN2/c1-12(18)16-20-14-10-13(19)6-7-15(14)21(16)11-17(2)8-4-3-5-9-17/h6-7,10,12H,3-5,8-9,11H2,1-2H3. The van der Waals surface area contributed by atoms with Crippen LogP contribution >= 0.6 is 34.2 Å². The summed E-state index contributed by atoms with van der Waals surface area (Å²) >= 11 is 8.74. The first-order chi connectivity index (χ1) is 9.98. The van der Waals surface area contributed by atoms with Crippen molar-refractivity contribution in [3.63, 3.8) is 0 Å². The zero-order valence-corrected chi connectivity index (χ0v) is 15.6. The van der Waals surface area contributed by atoms with Crippen molar-refractivity contribution in [3.8, 4) is 0 Å². The van der Waals surface area contributed by atoms with Gasteiger partial charge in [0.1, 0.15) is 5.82 Å². The monoisotopic (exact) mass is 416 g/mol. The Hall–Kier alpha value is -0.290. The molecule has 21 heavy (non-hydrogen) atoms. The van der Waals surface area contributed by atoms with E-state index >= 15 is 0 Å². The smallest absolute Gasteiger partial charge is 0.127 e. The molecule has 2 nitrogen and oxygen atoms in total. The van der Waals surface area contributed by atoms with Gasteiger partial charge in [0.25, 0.3) is 0 Å². The van der Waals surface area contributed by atoms with Gasteiger partial charge in [0.15, 0.2) is 0 Å². The summed E-state index contributed by atoms with van der Waals surface area (Å²) in [4.78, 5) is 4.80. The van der Waals surface area contributed by atoms with Crippen LogP contribution in [-0.4, -0.2) is 9.55 Å². The van der Waals surface area contributed by atoms with Gasteiger partial charge in [-0.05, 0) is 66.0 Å². The third-order valence-electron chi connectivity index (χ3n) is 4.70. The van der Waals surface area contributed by atoms with Gasteiger partial charge in [0.2, 0.25) is 0 Å². The van der Waals surface area contributed by atoms with Crippen LogP contribution in [0.4, 0.5) is 0 Å². The maximum absolute atomic E-state index is 6.40. The number of hydrogen-bond acceptors (Lipinski definition) is 1. The Balaban J connectivity index is 2.04. The van der Waals surface area contributed by atoms with Gasteiger partial charge in [0, 0.05) is 10.1 Å². The van der Waals surface area contributed by atoms with Gasteiger partial charge in [0.05, 0.1) is 16.4 Å². The van der Waals surface area contributed by atoms with Gasteiger partial charge < -0.3 is 4.57 Å². The van der Waals surface area contributed by atoms with Gasteiger partial charge in [-0.15, -0.1) is 11.6 Å². The van der Waals surface area contributed by atoms with E-state index in [1.807, 2.05) is 6.92 Å². The molecule has 3 rings (SSSR count). The molecule has 1 aliphatic rings. The molecule has 0 radical (unpaired) electrons. The second kappa shape index (κ2) is 6.07. The van der Waals surface area contributed by atoms with Crippen LogP contribution in [0.5, 0.6) is 0 Å². The van der Waals surface area contributed by atoms with Gasteiger partial charge in [-0.25, -0.2) is 4.98 Å². The molecule has 1 atom stereocenters. The molecule has 0 spiro atoms. The van der Waals surface area contributed by atoms with Crippen molar-refractivity contribution in [2.45, 2.75) is 57.9 Å². The van der Waals surface area contributed by atoms with Crippen LogP contribution in [0.1, 0.15) is 57.2 Å². The lowest BCUT2D eigenvalue weighted by Crippen LogP contribution is -2.27. The molecule has 0 N–H and O–H groups in total. The van der Waals surface area contributed by atoms with Gasteiger partial charge in [-0.3, -0.25) is 0 Å². The maximum atomic E-state index is 6.40. The zero-order valence-electron chi connectivity index (χ0n) is 12.7. The Morgan fingerprint density at radius 3 is 2.71 bits per heavy atom. The number of halogens is 2. The van der Waals surface area contributed by atoms with Crippen LogP contribution in [0, 0.1) is 8.99 Å². The van der Waals surface area contributed by atoms with E-state index < -0.39 is 0 Å². The quantitative estimate of drug-likeness (QED) is 0.449. The molecule has 0 aliphatic heterocycles. The number of benzene rings is 1. The second-order valence-electron chi connectivity index (χ2n) is 6.68. The fourth-order valence-electron chi connectivity index (χ4n) is 3.54. The highest BCUT2D eigenvalue weighted by molar-refractivity contribution is 14.1. The Labute approximate surface area is 145 Å². The molecule has 2 aromatic rings. The van der Waals surface area contributed by atoms with Gasteiger partial charge in [-0.2, -0.15) is 0 Å². The average Bonchev–Trinajstić information content (AvgIpc) is 2.77. The van der Waals surface area contributed by atoms with Crippen molar-refractivity contribution < 1.29 is 0 Å². The third-order valence-corrected chi connectivity index (χ3v) is 5.56. The average molecular weight is 417 g/mol. The molecule has 1 heterocycles. The first kappa shape index (κ1) is 15.6. The Morgan fingerprint density at radius 1 is 1.33 bits per heavy atom. The van der Waals surface area contributed by atoms with E-state index in [0.29, 0.717) is 5.41 Å². The minimum Gasteiger partial charge on any atom is -0.326 e. The maximum Gasteiger partial charge on any atom is 0.127 e. The minimum absolute atomic E-state index is 0.0535. The van der Waals surface area contributed by atoms with Gasteiger partial charge >= 0.3 is 0 Å². The van der Waals surface area contributed by atoms with Crippen molar-refractivity contribution in [3.05, 3.63) is 27.6 Å². The Morgan fingerprint density at radius 2 is 2.05 bits per heavy atom. The van der Waals surface area contributed by atoms with Crippen molar-refractivity contribution in [1.29, 1.82) is 0 Å². The molecule has 1 saturated carbocycles. The molecular weight excluding hydrogens is 395 g/mol. The van der Waals surface area contributed by atoms with E-state index in [4.69, 9.17) is 16.6 Å². The van der Waals surface area contributed by atoms with Crippen LogP contribution in [0.2, 0.25) is 0 Å². The molecule has 1 aromatic heterocycles. The molecular formula is C17H22ClIN2. The largest absolute Gasteiger partial charge is 0.326 e. The molecule has 1 aromatic carbocycles. The van der Waals surface area contributed by atoms with E-state index in [9.17, 15) is 0 Å². The molecule has 1 aliphatic carbocycles. The number of rotatable bonds is 3. The van der Waals surface area contributed by atoms with Crippen molar-refractivity contribution in [1.82, 2.24) is 9.55 Å². The summed E-state index contributed by atoms with van der Waals surface area (Å²) in [6, 6.07) is 6.50. The van der Waals surface area contributed by atoms with Gasteiger partial charge in [-0.1, -0.05) is 26.2 Å². The number of nitrogens with zero attached hydrogens (tertiary/aromatic N) is 2. The predicted octanol–water partition coefficient (Wildman–Crippen LogP) is 5.91. The number of hydrogen-bond donors (Lipinski definition) is 0. The first-order valence-corrected chi connectivity index (χ1v) is 9.30. The second-order valence-corrected chi connectivity index (χ2v) is 8.58. The summed E-state index contributed by atoms with van der Waals surface area (Å²) in [5, 5.41) is -0.0535. The normalized spacial score (nSPS) is 19.8. The van der Waals surface area contributed by atoms with E-state index in [1.165, 1.54) is 41.2 Å². The van der Waals surface area contributed by atoms with E-state index in [2.05, 4.69) is 52.3 Å². The fraction of sp³-hybridized carbons (Fsp3) is 0.588. The summed E-state index contributed by atoms with van der Waals surface area (Å²) in [7, 11) is 0. The van der Waals surface area contributed by atoms with E-state index in [0.717, 1.165) is 17.9 Å². The molecule has 4 heteroatoms. The molecule has 0 saturated heterocycles. The molecule has 0 amide bonds. The van der Waals surface area contributed by atoms with Crippen molar-refractivity contribution >= 4 is 45.2 Å². The van der Waals surface area contributed by atoms with Crippen LogP contribution in [0.25, 0.3) is 11.0 Å². The number of imidazole rings is 1.